The Kier molecular flexibility index (Phi) is 4.95. The lowest BCUT2D eigenvalue weighted by Gasteiger charge is -2.29. The smallest absolute Gasteiger partial charge is 0.118 e. The molecule has 1 aliphatic rings. The van der Waals surface area contributed by atoms with E-state index in [0.29, 0.717) is 0 Å². The fourth-order valence-corrected chi connectivity index (χ4v) is 3.21. The van der Waals surface area contributed by atoms with Gasteiger partial charge in [-0.1, -0.05) is 13.8 Å². The zero-order valence-electron chi connectivity index (χ0n) is 10.7. The van der Waals surface area contributed by atoms with E-state index in [4.69, 9.17) is 4.42 Å². The van der Waals surface area contributed by atoms with Crippen molar-refractivity contribution in [3.63, 3.8) is 0 Å². The molecule has 0 radical (unpaired) electrons. The number of furan rings is 1. The summed E-state index contributed by atoms with van der Waals surface area (Å²) in [5.74, 6) is 2.34. The first-order chi connectivity index (χ1) is 8.28. The van der Waals surface area contributed by atoms with Crippen molar-refractivity contribution in [2.24, 2.45) is 0 Å². The number of thioether (sulfide) groups is 1. The second-order valence-corrected chi connectivity index (χ2v) is 6.16. The highest BCUT2D eigenvalue weighted by molar-refractivity contribution is 7.99. The van der Waals surface area contributed by atoms with Gasteiger partial charge in [-0.3, -0.25) is 4.90 Å². The topological polar surface area (TPSA) is 28.4 Å². The van der Waals surface area contributed by atoms with Crippen molar-refractivity contribution in [3.05, 3.63) is 23.7 Å². The fraction of sp³-hybridized carbons (Fsp3) is 0.692. The Balaban J connectivity index is 1.83. The van der Waals surface area contributed by atoms with E-state index in [-0.39, 0.29) is 0 Å². The summed E-state index contributed by atoms with van der Waals surface area (Å²) in [6, 6.07) is 2.18. The van der Waals surface area contributed by atoms with Gasteiger partial charge in [-0.2, -0.15) is 11.8 Å². The minimum absolute atomic E-state index is 0.750. The molecule has 0 amide bonds. The molecule has 0 saturated carbocycles. The van der Waals surface area contributed by atoms with E-state index in [1.807, 2.05) is 6.26 Å². The van der Waals surface area contributed by atoms with Gasteiger partial charge in [0.15, 0.2) is 0 Å². The molecular formula is C13H22N2OS. The minimum Gasteiger partial charge on any atom is -0.468 e. The summed E-state index contributed by atoms with van der Waals surface area (Å²) in [4.78, 5) is 2.48. The van der Waals surface area contributed by atoms with Gasteiger partial charge in [-0.15, -0.1) is 0 Å². The normalized spacial score (nSPS) is 21.9. The van der Waals surface area contributed by atoms with Crippen molar-refractivity contribution in [1.82, 2.24) is 10.2 Å². The van der Waals surface area contributed by atoms with Crippen LogP contribution in [0.4, 0.5) is 0 Å². The van der Waals surface area contributed by atoms with Crippen molar-refractivity contribution in [3.8, 4) is 0 Å². The van der Waals surface area contributed by atoms with Crippen LogP contribution in [0.2, 0.25) is 0 Å². The molecule has 3 nitrogen and oxygen atoms in total. The van der Waals surface area contributed by atoms with Gasteiger partial charge in [0.05, 0.1) is 12.8 Å². The summed E-state index contributed by atoms with van der Waals surface area (Å²) in [5.41, 5.74) is 1.25. The monoisotopic (exact) mass is 254 g/mol. The minimum atomic E-state index is 0.750. The summed E-state index contributed by atoms with van der Waals surface area (Å²) in [6.45, 7) is 9.64. The Labute approximate surface area is 108 Å². The molecule has 96 valence electrons. The van der Waals surface area contributed by atoms with Crippen molar-refractivity contribution in [1.29, 1.82) is 0 Å². The highest BCUT2D eigenvalue weighted by Crippen LogP contribution is 2.20. The van der Waals surface area contributed by atoms with Crippen LogP contribution >= 0.6 is 11.8 Å². The number of hydrogen-bond donors (Lipinski definition) is 1. The Morgan fingerprint density at radius 2 is 2.47 bits per heavy atom. The van der Waals surface area contributed by atoms with E-state index in [9.17, 15) is 0 Å². The molecular weight excluding hydrogens is 232 g/mol. The van der Waals surface area contributed by atoms with Gasteiger partial charge < -0.3 is 9.73 Å². The molecule has 1 aromatic rings. The average Bonchev–Trinajstić information content (AvgIpc) is 2.74. The zero-order chi connectivity index (χ0) is 12.1. The van der Waals surface area contributed by atoms with E-state index in [1.54, 1.807) is 0 Å². The number of nitrogens with zero attached hydrogens (tertiary/aromatic N) is 1. The highest BCUT2D eigenvalue weighted by Gasteiger charge is 2.17. The summed E-state index contributed by atoms with van der Waals surface area (Å²) in [7, 11) is 0. The average molecular weight is 254 g/mol. The van der Waals surface area contributed by atoms with Crippen molar-refractivity contribution >= 4 is 11.8 Å². The Morgan fingerprint density at radius 3 is 3.24 bits per heavy atom. The van der Waals surface area contributed by atoms with Gasteiger partial charge in [0.1, 0.15) is 5.76 Å². The van der Waals surface area contributed by atoms with Crippen LogP contribution in [0.25, 0.3) is 0 Å². The van der Waals surface area contributed by atoms with E-state index in [2.05, 4.69) is 41.9 Å². The molecule has 1 fully saturated rings. The molecule has 2 heterocycles. The van der Waals surface area contributed by atoms with Gasteiger partial charge in [0.2, 0.25) is 0 Å². The number of nitrogens with one attached hydrogen (secondary N) is 1. The van der Waals surface area contributed by atoms with Crippen LogP contribution in [0.1, 0.15) is 25.2 Å². The third-order valence-electron chi connectivity index (χ3n) is 2.99. The molecule has 1 atom stereocenters. The lowest BCUT2D eigenvalue weighted by atomic mass is 10.3. The predicted octanol–water partition coefficient (Wildman–Crippen LogP) is 2.33. The summed E-state index contributed by atoms with van der Waals surface area (Å²) in [5, 5.41) is 4.06. The number of hydrogen-bond acceptors (Lipinski definition) is 4. The first-order valence-corrected chi connectivity index (χ1v) is 7.43. The molecule has 4 heteroatoms. The molecule has 1 N–H and O–H groups in total. The van der Waals surface area contributed by atoms with Crippen LogP contribution in [-0.2, 0) is 13.1 Å². The van der Waals surface area contributed by atoms with E-state index < -0.39 is 0 Å². The maximum absolute atomic E-state index is 5.61. The van der Waals surface area contributed by atoms with Gasteiger partial charge in [-0.25, -0.2) is 0 Å². The molecule has 1 aromatic heterocycles. The molecule has 0 spiro atoms. The fourth-order valence-electron chi connectivity index (χ4n) is 2.13. The lowest BCUT2D eigenvalue weighted by Crippen LogP contribution is -2.35. The zero-order valence-corrected chi connectivity index (χ0v) is 11.6. The van der Waals surface area contributed by atoms with Crippen molar-refractivity contribution in [2.75, 3.05) is 25.4 Å². The highest BCUT2D eigenvalue weighted by atomic mass is 32.2. The molecule has 1 aliphatic heterocycles. The lowest BCUT2D eigenvalue weighted by molar-refractivity contribution is 0.254. The van der Waals surface area contributed by atoms with Crippen molar-refractivity contribution in [2.45, 2.75) is 32.2 Å². The predicted molar refractivity (Wildman–Crippen MR) is 73.3 cm³/mol. The van der Waals surface area contributed by atoms with Crippen LogP contribution in [-0.4, -0.2) is 35.5 Å². The Hall–Kier alpha value is -0.450. The molecule has 1 saturated heterocycles. The molecule has 0 aliphatic carbocycles. The third-order valence-corrected chi connectivity index (χ3v) is 4.13. The van der Waals surface area contributed by atoms with Gasteiger partial charge >= 0.3 is 0 Å². The molecule has 0 aromatic carbocycles. The van der Waals surface area contributed by atoms with Crippen molar-refractivity contribution < 1.29 is 4.42 Å². The van der Waals surface area contributed by atoms with Crippen LogP contribution < -0.4 is 5.32 Å². The SMILES string of the molecule is CCNCc1coc(CN2CCSC(C)C2)c1. The van der Waals surface area contributed by atoms with Crippen LogP contribution in [0, 0.1) is 0 Å². The summed E-state index contributed by atoms with van der Waals surface area (Å²) >= 11 is 2.07. The largest absolute Gasteiger partial charge is 0.468 e. The second-order valence-electron chi connectivity index (χ2n) is 4.62. The molecule has 17 heavy (non-hydrogen) atoms. The first kappa shape index (κ1) is 13.0. The molecule has 2 rings (SSSR count). The molecule has 1 unspecified atom stereocenters. The maximum Gasteiger partial charge on any atom is 0.118 e. The summed E-state index contributed by atoms with van der Waals surface area (Å²) in [6.07, 6.45) is 1.88. The first-order valence-electron chi connectivity index (χ1n) is 6.39. The third kappa shape index (κ3) is 4.05. The Bertz CT molecular complexity index is 340. The summed E-state index contributed by atoms with van der Waals surface area (Å²) < 4.78 is 5.61. The number of rotatable bonds is 5. The van der Waals surface area contributed by atoms with Crippen LogP contribution in [0.3, 0.4) is 0 Å². The van der Waals surface area contributed by atoms with Crippen LogP contribution in [0.15, 0.2) is 16.7 Å². The van der Waals surface area contributed by atoms with E-state index in [0.717, 1.165) is 30.6 Å². The van der Waals surface area contributed by atoms with Gasteiger partial charge in [0.25, 0.3) is 0 Å². The quantitative estimate of drug-likeness (QED) is 0.873. The maximum atomic E-state index is 5.61. The second kappa shape index (κ2) is 6.47. The van der Waals surface area contributed by atoms with Gasteiger partial charge in [0, 0.05) is 36.2 Å². The van der Waals surface area contributed by atoms with E-state index >= 15 is 0 Å². The Morgan fingerprint density at radius 1 is 1.59 bits per heavy atom. The standard InChI is InChI=1S/C13H22N2OS/c1-3-14-7-12-6-13(16-10-12)9-15-4-5-17-11(2)8-15/h6,10-11,14H,3-5,7-9H2,1-2H3. The van der Waals surface area contributed by atoms with E-state index in [1.165, 1.54) is 24.4 Å². The van der Waals surface area contributed by atoms with Crippen LogP contribution in [0.5, 0.6) is 0 Å². The van der Waals surface area contributed by atoms with Gasteiger partial charge in [-0.05, 0) is 12.6 Å². The molecule has 0 bridgehead atoms.